The molecule has 0 aliphatic rings. The van der Waals surface area contributed by atoms with Gasteiger partial charge in [-0.1, -0.05) is 11.6 Å². The summed E-state index contributed by atoms with van der Waals surface area (Å²) in [4.78, 5) is 17.7. The number of rotatable bonds is 4. The van der Waals surface area contributed by atoms with Gasteiger partial charge in [0.2, 0.25) is 0 Å². The topological polar surface area (TPSA) is 45.2 Å². The number of anilines is 1. The number of halogens is 1. The third kappa shape index (κ3) is 3.73. The molecule has 1 amide bonds. The van der Waals surface area contributed by atoms with Gasteiger partial charge in [0.15, 0.2) is 0 Å². The van der Waals surface area contributed by atoms with E-state index in [0.717, 1.165) is 11.3 Å². The van der Waals surface area contributed by atoms with E-state index < -0.39 is 0 Å². The van der Waals surface area contributed by atoms with Gasteiger partial charge in [-0.15, -0.1) is 0 Å². The molecule has 0 radical (unpaired) electrons. The summed E-state index contributed by atoms with van der Waals surface area (Å²) < 4.78 is 0. The van der Waals surface area contributed by atoms with Crippen molar-refractivity contribution in [3.63, 3.8) is 0 Å². The van der Waals surface area contributed by atoms with Crippen LogP contribution in [0.5, 0.6) is 0 Å². The Morgan fingerprint density at radius 1 is 1.33 bits per heavy atom. The summed E-state index contributed by atoms with van der Waals surface area (Å²) in [7, 11) is 3.41. The maximum atomic E-state index is 12.0. The number of benzene rings is 1. The minimum atomic E-state index is -0.110. The van der Waals surface area contributed by atoms with Crippen LogP contribution in [0.3, 0.4) is 0 Å². The van der Waals surface area contributed by atoms with Crippen LogP contribution in [-0.4, -0.2) is 29.9 Å². The molecule has 0 saturated carbocycles. The summed E-state index contributed by atoms with van der Waals surface area (Å²) in [5, 5.41) is 3.75. The Hall–Kier alpha value is -2.07. The van der Waals surface area contributed by atoms with Crippen LogP contribution in [-0.2, 0) is 6.54 Å². The summed E-state index contributed by atoms with van der Waals surface area (Å²) >= 11 is 6.09. The van der Waals surface area contributed by atoms with Gasteiger partial charge in [0.25, 0.3) is 5.91 Å². The molecular formula is C16H18ClN3O. The first-order valence-electron chi connectivity index (χ1n) is 6.63. The molecule has 0 aliphatic carbocycles. The molecule has 0 bridgehead atoms. The van der Waals surface area contributed by atoms with Crippen molar-refractivity contribution in [1.82, 2.24) is 9.88 Å². The number of carbonyl (C=O) groups is 1. The summed E-state index contributed by atoms with van der Waals surface area (Å²) in [5.74, 6) is -0.110. The quantitative estimate of drug-likeness (QED) is 0.942. The van der Waals surface area contributed by atoms with Gasteiger partial charge in [-0.05, 0) is 42.3 Å². The largest absolute Gasteiger partial charge is 0.381 e. The van der Waals surface area contributed by atoms with Gasteiger partial charge in [0.1, 0.15) is 0 Å². The molecule has 1 N–H and O–H groups in total. The Morgan fingerprint density at radius 2 is 2.10 bits per heavy atom. The van der Waals surface area contributed by atoms with Crippen LogP contribution < -0.4 is 5.32 Å². The van der Waals surface area contributed by atoms with Crippen LogP contribution in [0.15, 0.2) is 36.7 Å². The van der Waals surface area contributed by atoms with Gasteiger partial charge < -0.3 is 10.2 Å². The normalized spacial score (nSPS) is 10.3. The van der Waals surface area contributed by atoms with Crippen molar-refractivity contribution in [2.45, 2.75) is 13.5 Å². The predicted molar refractivity (Wildman–Crippen MR) is 85.8 cm³/mol. The van der Waals surface area contributed by atoms with E-state index in [1.807, 2.05) is 25.3 Å². The van der Waals surface area contributed by atoms with Crippen molar-refractivity contribution in [2.75, 3.05) is 19.4 Å². The number of pyridine rings is 1. The van der Waals surface area contributed by atoms with E-state index in [0.29, 0.717) is 17.1 Å². The minimum absolute atomic E-state index is 0.110. The van der Waals surface area contributed by atoms with Crippen LogP contribution in [0.2, 0.25) is 5.02 Å². The first kappa shape index (κ1) is 15.3. The van der Waals surface area contributed by atoms with Crippen LogP contribution >= 0.6 is 11.6 Å². The molecule has 5 heteroatoms. The summed E-state index contributed by atoms with van der Waals surface area (Å²) in [6, 6.07) is 7.34. The number of carbonyl (C=O) groups excluding carboxylic acids is 1. The number of aryl methyl sites for hydroxylation is 1. The molecule has 0 fully saturated rings. The highest BCUT2D eigenvalue weighted by atomic mass is 35.5. The Kier molecular flexibility index (Phi) is 4.81. The fraction of sp³-hybridized carbons (Fsp3) is 0.250. The van der Waals surface area contributed by atoms with E-state index in [2.05, 4.69) is 10.3 Å². The summed E-state index contributed by atoms with van der Waals surface area (Å²) in [6.45, 7) is 2.69. The number of amides is 1. The van der Waals surface area contributed by atoms with Crippen LogP contribution in [0.1, 0.15) is 21.5 Å². The van der Waals surface area contributed by atoms with Gasteiger partial charge >= 0.3 is 0 Å². The molecule has 2 aromatic rings. The second kappa shape index (κ2) is 6.59. The maximum Gasteiger partial charge on any atom is 0.254 e. The third-order valence-electron chi connectivity index (χ3n) is 3.23. The molecule has 21 heavy (non-hydrogen) atoms. The minimum Gasteiger partial charge on any atom is -0.381 e. The average Bonchev–Trinajstić information content (AvgIpc) is 2.47. The zero-order valence-electron chi connectivity index (χ0n) is 12.4. The van der Waals surface area contributed by atoms with E-state index in [4.69, 9.17) is 11.6 Å². The Bertz CT molecular complexity index is 656. The summed E-state index contributed by atoms with van der Waals surface area (Å²) in [6.07, 6.45) is 3.61. The van der Waals surface area contributed by atoms with Crippen LogP contribution in [0.25, 0.3) is 0 Å². The van der Waals surface area contributed by atoms with Gasteiger partial charge in [0.05, 0.1) is 10.6 Å². The lowest BCUT2D eigenvalue weighted by molar-refractivity contribution is 0.0828. The molecule has 0 atom stereocenters. The monoisotopic (exact) mass is 303 g/mol. The highest BCUT2D eigenvalue weighted by Crippen LogP contribution is 2.22. The average molecular weight is 304 g/mol. The SMILES string of the molecule is Cc1ccncc1CNc1ccc(Cl)c(C(=O)N(C)C)c1. The van der Waals surface area contributed by atoms with Crippen molar-refractivity contribution >= 4 is 23.2 Å². The first-order valence-corrected chi connectivity index (χ1v) is 7.01. The Labute approximate surface area is 129 Å². The molecule has 4 nitrogen and oxygen atoms in total. The van der Waals surface area contributed by atoms with Gasteiger partial charge in [-0.3, -0.25) is 9.78 Å². The molecule has 1 aromatic heterocycles. The van der Waals surface area contributed by atoms with Crippen molar-refractivity contribution < 1.29 is 4.79 Å². The van der Waals surface area contributed by atoms with E-state index in [1.165, 1.54) is 10.5 Å². The molecule has 0 saturated heterocycles. The lowest BCUT2D eigenvalue weighted by Crippen LogP contribution is -2.22. The van der Waals surface area contributed by atoms with Crippen molar-refractivity contribution in [3.8, 4) is 0 Å². The molecule has 0 unspecified atom stereocenters. The van der Waals surface area contributed by atoms with E-state index >= 15 is 0 Å². The fourth-order valence-electron chi connectivity index (χ4n) is 1.92. The Morgan fingerprint density at radius 3 is 2.76 bits per heavy atom. The number of hydrogen-bond donors (Lipinski definition) is 1. The number of hydrogen-bond acceptors (Lipinski definition) is 3. The summed E-state index contributed by atoms with van der Waals surface area (Å²) in [5.41, 5.74) is 3.64. The third-order valence-corrected chi connectivity index (χ3v) is 3.56. The molecule has 1 heterocycles. The van der Waals surface area contributed by atoms with Crippen molar-refractivity contribution in [3.05, 3.63) is 58.4 Å². The second-order valence-electron chi connectivity index (χ2n) is 5.05. The van der Waals surface area contributed by atoms with Gasteiger partial charge in [-0.2, -0.15) is 0 Å². The first-order chi connectivity index (χ1) is 9.99. The molecule has 110 valence electrons. The fourth-order valence-corrected chi connectivity index (χ4v) is 2.12. The highest BCUT2D eigenvalue weighted by Gasteiger charge is 2.13. The number of nitrogens with one attached hydrogen (secondary N) is 1. The molecule has 2 rings (SSSR count). The predicted octanol–water partition coefficient (Wildman–Crippen LogP) is 3.36. The molecular weight excluding hydrogens is 286 g/mol. The van der Waals surface area contributed by atoms with Gasteiger partial charge in [0, 0.05) is 38.7 Å². The van der Waals surface area contributed by atoms with Crippen LogP contribution in [0, 0.1) is 6.92 Å². The van der Waals surface area contributed by atoms with Crippen molar-refractivity contribution in [2.24, 2.45) is 0 Å². The molecule has 0 aliphatic heterocycles. The smallest absolute Gasteiger partial charge is 0.254 e. The van der Waals surface area contributed by atoms with Crippen LogP contribution in [0.4, 0.5) is 5.69 Å². The zero-order valence-corrected chi connectivity index (χ0v) is 13.1. The van der Waals surface area contributed by atoms with Gasteiger partial charge in [-0.25, -0.2) is 0 Å². The molecule has 1 aromatic carbocycles. The Balaban J connectivity index is 2.16. The van der Waals surface area contributed by atoms with E-state index in [9.17, 15) is 4.79 Å². The van der Waals surface area contributed by atoms with Crippen molar-refractivity contribution in [1.29, 1.82) is 0 Å². The molecule has 0 spiro atoms. The maximum absolute atomic E-state index is 12.0. The second-order valence-corrected chi connectivity index (χ2v) is 5.46. The number of nitrogens with zero attached hydrogens (tertiary/aromatic N) is 2. The lowest BCUT2D eigenvalue weighted by Gasteiger charge is -2.14. The lowest BCUT2D eigenvalue weighted by atomic mass is 10.1. The zero-order chi connectivity index (χ0) is 15.4. The highest BCUT2D eigenvalue weighted by molar-refractivity contribution is 6.34. The standard InChI is InChI=1S/C16H18ClN3O/c1-11-6-7-18-9-12(11)10-19-13-4-5-15(17)14(8-13)16(21)20(2)3/h4-9,19H,10H2,1-3H3. The van der Waals surface area contributed by atoms with E-state index in [1.54, 1.807) is 32.4 Å². The number of aromatic nitrogens is 1. The van der Waals surface area contributed by atoms with E-state index in [-0.39, 0.29) is 5.91 Å².